The van der Waals surface area contributed by atoms with Gasteiger partial charge in [-0.1, -0.05) is 29.8 Å². The Kier molecular flexibility index (Phi) is 3.78. The fraction of sp³-hybridized carbons (Fsp3) is 0.353. The standard InChI is InChI=1S/C17H20N2/c1-2-6-14(7-3-1)12-13-18-17-11-10-15-8-4-5-9-16(15)19-17/h4-6,8-11H,1-3,7,12-13H2,(H,18,19). The molecule has 0 saturated heterocycles. The third-order valence-corrected chi connectivity index (χ3v) is 3.74. The molecule has 0 radical (unpaired) electrons. The molecule has 1 heterocycles. The molecule has 1 aliphatic carbocycles. The van der Waals surface area contributed by atoms with E-state index in [1.807, 2.05) is 12.1 Å². The highest BCUT2D eigenvalue weighted by Crippen LogP contribution is 2.20. The van der Waals surface area contributed by atoms with Crippen molar-refractivity contribution in [3.63, 3.8) is 0 Å². The Labute approximate surface area is 114 Å². The predicted molar refractivity (Wildman–Crippen MR) is 81.4 cm³/mol. The van der Waals surface area contributed by atoms with Crippen molar-refractivity contribution < 1.29 is 0 Å². The van der Waals surface area contributed by atoms with Gasteiger partial charge in [-0.05, 0) is 50.3 Å². The molecule has 1 aromatic carbocycles. The van der Waals surface area contributed by atoms with Crippen molar-refractivity contribution in [2.24, 2.45) is 0 Å². The molecule has 98 valence electrons. The lowest BCUT2D eigenvalue weighted by molar-refractivity contribution is 0.679. The second-order valence-electron chi connectivity index (χ2n) is 5.17. The number of nitrogens with one attached hydrogen (secondary N) is 1. The first-order chi connectivity index (χ1) is 9.42. The lowest BCUT2D eigenvalue weighted by atomic mass is 9.97. The summed E-state index contributed by atoms with van der Waals surface area (Å²) < 4.78 is 0. The lowest BCUT2D eigenvalue weighted by Crippen LogP contribution is -2.05. The summed E-state index contributed by atoms with van der Waals surface area (Å²) >= 11 is 0. The number of benzene rings is 1. The van der Waals surface area contributed by atoms with Crippen molar-refractivity contribution in [2.75, 3.05) is 11.9 Å². The van der Waals surface area contributed by atoms with Gasteiger partial charge < -0.3 is 5.32 Å². The van der Waals surface area contributed by atoms with Gasteiger partial charge in [0.05, 0.1) is 5.52 Å². The zero-order chi connectivity index (χ0) is 12.9. The third kappa shape index (κ3) is 3.14. The molecule has 0 atom stereocenters. The molecule has 0 bridgehead atoms. The second kappa shape index (κ2) is 5.87. The Hall–Kier alpha value is -1.83. The van der Waals surface area contributed by atoms with Crippen LogP contribution in [0.3, 0.4) is 0 Å². The molecule has 0 fully saturated rings. The number of allylic oxidation sites excluding steroid dienone is 1. The summed E-state index contributed by atoms with van der Waals surface area (Å²) in [4.78, 5) is 4.63. The molecule has 3 rings (SSSR count). The summed E-state index contributed by atoms with van der Waals surface area (Å²) in [5, 5.41) is 4.63. The maximum absolute atomic E-state index is 4.63. The molecular weight excluding hydrogens is 232 g/mol. The van der Waals surface area contributed by atoms with Gasteiger partial charge in [0.15, 0.2) is 0 Å². The highest BCUT2D eigenvalue weighted by molar-refractivity contribution is 5.79. The van der Waals surface area contributed by atoms with Crippen molar-refractivity contribution in [2.45, 2.75) is 32.1 Å². The zero-order valence-electron chi connectivity index (χ0n) is 11.2. The van der Waals surface area contributed by atoms with Crippen LogP contribution >= 0.6 is 0 Å². The normalized spacial score (nSPS) is 15.3. The number of fused-ring (bicyclic) bond motifs is 1. The van der Waals surface area contributed by atoms with E-state index in [9.17, 15) is 0 Å². The number of hydrogen-bond donors (Lipinski definition) is 1. The Morgan fingerprint density at radius 1 is 1.05 bits per heavy atom. The average Bonchev–Trinajstić information content (AvgIpc) is 2.48. The average molecular weight is 252 g/mol. The number of nitrogens with zero attached hydrogens (tertiary/aromatic N) is 1. The van der Waals surface area contributed by atoms with Crippen molar-refractivity contribution in [3.8, 4) is 0 Å². The van der Waals surface area contributed by atoms with Crippen LogP contribution in [0.2, 0.25) is 0 Å². The molecule has 19 heavy (non-hydrogen) atoms. The van der Waals surface area contributed by atoms with Gasteiger partial charge in [-0.15, -0.1) is 0 Å². The molecule has 0 amide bonds. The second-order valence-corrected chi connectivity index (χ2v) is 5.17. The van der Waals surface area contributed by atoms with Crippen LogP contribution in [0.25, 0.3) is 10.9 Å². The van der Waals surface area contributed by atoms with E-state index in [0.29, 0.717) is 0 Å². The van der Waals surface area contributed by atoms with Crippen LogP contribution < -0.4 is 5.32 Å². The first-order valence-electron chi connectivity index (χ1n) is 7.19. The number of pyridine rings is 1. The maximum Gasteiger partial charge on any atom is 0.126 e. The van der Waals surface area contributed by atoms with E-state index in [0.717, 1.165) is 24.3 Å². The van der Waals surface area contributed by atoms with Gasteiger partial charge in [0.1, 0.15) is 5.82 Å². The van der Waals surface area contributed by atoms with Gasteiger partial charge in [0.25, 0.3) is 0 Å². The van der Waals surface area contributed by atoms with Crippen LogP contribution in [-0.2, 0) is 0 Å². The van der Waals surface area contributed by atoms with Crippen molar-refractivity contribution in [1.29, 1.82) is 0 Å². The molecule has 1 aromatic heterocycles. The van der Waals surface area contributed by atoms with E-state index in [2.05, 4.69) is 40.6 Å². The van der Waals surface area contributed by atoms with Gasteiger partial charge in [0.2, 0.25) is 0 Å². The smallest absolute Gasteiger partial charge is 0.126 e. The van der Waals surface area contributed by atoms with Gasteiger partial charge >= 0.3 is 0 Å². The van der Waals surface area contributed by atoms with E-state index in [4.69, 9.17) is 0 Å². The highest BCUT2D eigenvalue weighted by atomic mass is 15.0. The monoisotopic (exact) mass is 252 g/mol. The molecule has 1 aliphatic rings. The maximum atomic E-state index is 4.63. The van der Waals surface area contributed by atoms with E-state index in [1.165, 1.54) is 31.1 Å². The molecule has 0 spiro atoms. The zero-order valence-corrected chi connectivity index (χ0v) is 11.2. The third-order valence-electron chi connectivity index (χ3n) is 3.74. The van der Waals surface area contributed by atoms with Gasteiger partial charge in [-0.25, -0.2) is 4.98 Å². The molecule has 0 aliphatic heterocycles. The number of hydrogen-bond acceptors (Lipinski definition) is 2. The minimum absolute atomic E-state index is 0.982. The van der Waals surface area contributed by atoms with Gasteiger partial charge in [-0.3, -0.25) is 0 Å². The quantitative estimate of drug-likeness (QED) is 0.808. The predicted octanol–water partition coefficient (Wildman–Crippen LogP) is 4.54. The summed E-state index contributed by atoms with van der Waals surface area (Å²) in [5.74, 6) is 0.982. The topological polar surface area (TPSA) is 24.9 Å². The Balaban J connectivity index is 1.60. The lowest BCUT2D eigenvalue weighted by Gasteiger charge is -2.13. The first-order valence-corrected chi connectivity index (χ1v) is 7.19. The first kappa shape index (κ1) is 12.2. The molecule has 1 N–H and O–H groups in total. The minimum Gasteiger partial charge on any atom is -0.370 e. The minimum atomic E-state index is 0.982. The number of para-hydroxylation sites is 1. The van der Waals surface area contributed by atoms with E-state index >= 15 is 0 Å². The Bertz CT molecular complexity index is 587. The molecule has 2 heteroatoms. The summed E-state index contributed by atoms with van der Waals surface area (Å²) in [7, 11) is 0. The van der Waals surface area contributed by atoms with Crippen molar-refractivity contribution >= 4 is 16.7 Å². The van der Waals surface area contributed by atoms with Crippen LogP contribution in [-0.4, -0.2) is 11.5 Å². The highest BCUT2D eigenvalue weighted by Gasteiger charge is 2.03. The number of aromatic nitrogens is 1. The number of anilines is 1. The van der Waals surface area contributed by atoms with E-state index in [1.54, 1.807) is 5.57 Å². The fourth-order valence-electron chi connectivity index (χ4n) is 2.65. The van der Waals surface area contributed by atoms with Crippen LogP contribution in [0.5, 0.6) is 0 Å². The molecule has 2 nitrogen and oxygen atoms in total. The molecule has 0 unspecified atom stereocenters. The van der Waals surface area contributed by atoms with Gasteiger partial charge in [-0.2, -0.15) is 0 Å². The molecular formula is C17H20N2. The fourth-order valence-corrected chi connectivity index (χ4v) is 2.65. The summed E-state index contributed by atoms with van der Waals surface area (Å²) in [6.07, 6.45) is 8.84. The van der Waals surface area contributed by atoms with E-state index < -0.39 is 0 Å². The number of rotatable bonds is 4. The summed E-state index contributed by atoms with van der Waals surface area (Å²) in [6, 6.07) is 12.4. The van der Waals surface area contributed by atoms with Crippen LogP contribution in [0.15, 0.2) is 48.0 Å². The van der Waals surface area contributed by atoms with Gasteiger partial charge in [0, 0.05) is 11.9 Å². The summed E-state index contributed by atoms with van der Waals surface area (Å²) in [5.41, 5.74) is 2.67. The van der Waals surface area contributed by atoms with E-state index in [-0.39, 0.29) is 0 Å². The van der Waals surface area contributed by atoms with Crippen LogP contribution in [0.1, 0.15) is 32.1 Å². The molecule has 0 saturated carbocycles. The molecule has 2 aromatic rings. The Morgan fingerprint density at radius 2 is 2.00 bits per heavy atom. The largest absolute Gasteiger partial charge is 0.370 e. The SMILES string of the molecule is C1=C(CCNc2ccc3ccccc3n2)CCCC1. The van der Waals surface area contributed by atoms with Crippen LogP contribution in [0, 0.1) is 0 Å². The van der Waals surface area contributed by atoms with Crippen LogP contribution in [0.4, 0.5) is 5.82 Å². The van der Waals surface area contributed by atoms with Crippen molar-refractivity contribution in [1.82, 2.24) is 4.98 Å². The Morgan fingerprint density at radius 3 is 2.89 bits per heavy atom. The summed E-state index contributed by atoms with van der Waals surface area (Å²) in [6.45, 7) is 0.983. The van der Waals surface area contributed by atoms with Crippen molar-refractivity contribution in [3.05, 3.63) is 48.0 Å².